The normalized spacial score (nSPS) is 25.3. The van der Waals surface area contributed by atoms with Crippen molar-refractivity contribution in [3.63, 3.8) is 0 Å². The smallest absolute Gasteiger partial charge is 0.322 e. The number of urea groups is 1. The number of hydrogen-bond acceptors (Lipinski definition) is 4. The first-order valence-corrected chi connectivity index (χ1v) is 5.97. The average Bonchev–Trinajstić information content (AvgIpc) is 2.79. The number of hydrogen-bond donors (Lipinski definition) is 2. The number of carbonyl (C=O) groups excluding carboxylic acids is 2. The molecule has 2 heterocycles. The number of nitrogens with zero attached hydrogens (tertiary/aromatic N) is 2. The predicted octanol–water partition coefficient (Wildman–Crippen LogP) is 0.763. The van der Waals surface area contributed by atoms with Crippen LogP contribution >= 0.6 is 0 Å². The summed E-state index contributed by atoms with van der Waals surface area (Å²) in [6.07, 6.45) is 3.37. The van der Waals surface area contributed by atoms with Gasteiger partial charge in [-0.1, -0.05) is 24.3 Å². The fraction of sp³-hybridized carbons (Fsp3) is 0.231. The molecule has 0 spiro atoms. The number of benzene rings is 1. The van der Waals surface area contributed by atoms with Crippen LogP contribution in [-0.4, -0.2) is 30.9 Å². The Morgan fingerprint density at radius 1 is 1.05 bits per heavy atom. The largest absolute Gasteiger partial charge is 0.322 e. The maximum absolute atomic E-state index is 11.5. The molecule has 6 heteroatoms. The summed E-state index contributed by atoms with van der Waals surface area (Å²) in [5, 5.41) is 4.78. The Hall–Kier alpha value is -2.50. The number of aliphatic imine (C=N–C) groups is 2. The molecule has 1 saturated heterocycles. The van der Waals surface area contributed by atoms with Crippen molar-refractivity contribution in [1.29, 1.82) is 0 Å². The van der Waals surface area contributed by atoms with Gasteiger partial charge in [0, 0.05) is 12.4 Å². The van der Waals surface area contributed by atoms with Crippen LogP contribution in [-0.2, 0) is 4.79 Å². The lowest BCUT2D eigenvalue weighted by Crippen LogP contribution is -2.22. The van der Waals surface area contributed by atoms with E-state index >= 15 is 0 Å². The van der Waals surface area contributed by atoms with Crippen LogP contribution in [0.3, 0.4) is 0 Å². The third-order valence-corrected chi connectivity index (χ3v) is 3.15. The van der Waals surface area contributed by atoms with E-state index in [9.17, 15) is 9.59 Å². The second-order valence-electron chi connectivity index (χ2n) is 4.39. The second-order valence-corrected chi connectivity index (χ2v) is 4.39. The third kappa shape index (κ3) is 2.24. The quantitative estimate of drug-likeness (QED) is 0.766. The Bertz CT molecular complexity index is 577. The molecule has 2 aliphatic rings. The summed E-state index contributed by atoms with van der Waals surface area (Å²) in [5.41, 5.74) is 1.80. The van der Waals surface area contributed by atoms with Crippen LogP contribution < -0.4 is 10.6 Å². The lowest BCUT2D eigenvalue weighted by molar-refractivity contribution is -0.120. The Labute approximate surface area is 109 Å². The fourth-order valence-electron chi connectivity index (χ4n) is 2.15. The van der Waals surface area contributed by atoms with E-state index in [2.05, 4.69) is 20.6 Å². The van der Waals surface area contributed by atoms with Gasteiger partial charge in [0.2, 0.25) is 0 Å². The van der Waals surface area contributed by atoms with Crippen molar-refractivity contribution in [3.05, 3.63) is 35.4 Å². The third-order valence-electron chi connectivity index (χ3n) is 3.15. The summed E-state index contributed by atoms with van der Waals surface area (Å²) < 4.78 is 0. The Morgan fingerprint density at radius 3 is 2.37 bits per heavy atom. The number of nitrogens with one attached hydrogen (secondary N) is 2. The summed E-state index contributed by atoms with van der Waals surface area (Å²) >= 11 is 0. The van der Waals surface area contributed by atoms with E-state index in [4.69, 9.17) is 0 Å². The molecule has 1 aromatic rings. The molecular weight excluding hydrogens is 244 g/mol. The van der Waals surface area contributed by atoms with Gasteiger partial charge in [0.1, 0.15) is 6.04 Å². The van der Waals surface area contributed by atoms with Gasteiger partial charge in [-0.25, -0.2) is 4.79 Å². The van der Waals surface area contributed by atoms with Gasteiger partial charge in [0.05, 0.1) is 12.6 Å². The summed E-state index contributed by atoms with van der Waals surface area (Å²) in [6.45, 7) is 0.635. The first kappa shape index (κ1) is 11.6. The maximum Gasteiger partial charge on any atom is 0.322 e. The first-order valence-electron chi connectivity index (χ1n) is 5.97. The highest BCUT2D eigenvalue weighted by atomic mass is 16.2. The number of rotatable bonds is 2. The van der Waals surface area contributed by atoms with Crippen LogP contribution in [0.25, 0.3) is 0 Å². The highest BCUT2D eigenvalue weighted by Gasteiger charge is 2.30. The minimum absolute atomic E-state index is 0.0334. The van der Waals surface area contributed by atoms with Crippen molar-refractivity contribution in [2.45, 2.75) is 12.1 Å². The molecule has 0 bridgehead atoms. The molecular formula is C13H12N4O2. The number of imide groups is 1. The molecule has 2 aliphatic heterocycles. The maximum atomic E-state index is 11.5. The first-order chi connectivity index (χ1) is 9.24. The molecule has 96 valence electrons. The van der Waals surface area contributed by atoms with E-state index in [0.29, 0.717) is 6.54 Å². The van der Waals surface area contributed by atoms with Crippen molar-refractivity contribution in [2.75, 3.05) is 6.54 Å². The van der Waals surface area contributed by atoms with Gasteiger partial charge in [-0.3, -0.25) is 20.1 Å². The van der Waals surface area contributed by atoms with E-state index < -0.39 is 12.1 Å². The van der Waals surface area contributed by atoms with Crippen molar-refractivity contribution < 1.29 is 9.59 Å². The summed E-state index contributed by atoms with van der Waals surface area (Å²) in [7, 11) is 0. The number of amides is 3. The Morgan fingerprint density at radius 2 is 1.79 bits per heavy atom. The zero-order valence-electron chi connectivity index (χ0n) is 10.0. The molecule has 0 saturated carbocycles. The number of carbonyl (C=O) groups is 2. The molecule has 1 aromatic carbocycles. The van der Waals surface area contributed by atoms with Crippen LogP contribution in [0.5, 0.6) is 0 Å². The molecule has 1 fully saturated rings. The highest BCUT2D eigenvalue weighted by Crippen LogP contribution is 2.22. The SMILES string of the molecule is O=C1NC(=O)[C@H](c2ccc(C3CN=CC=N3)cc2)N1. The predicted molar refractivity (Wildman–Crippen MR) is 70.4 cm³/mol. The molecule has 6 nitrogen and oxygen atoms in total. The van der Waals surface area contributed by atoms with Crippen LogP contribution in [0.15, 0.2) is 34.3 Å². The molecule has 2 N–H and O–H groups in total. The van der Waals surface area contributed by atoms with Gasteiger partial charge in [-0.05, 0) is 11.1 Å². The van der Waals surface area contributed by atoms with Crippen molar-refractivity contribution >= 4 is 24.4 Å². The molecule has 2 atom stereocenters. The van der Waals surface area contributed by atoms with E-state index in [1.165, 1.54) is 0 Å². The molecule has 0 aliphatic carbocycles. The van der Waals surface area contributed by atoms with Crippen LogP contribution in [0.1, 0.15) is 23.2 Å². The van der Waals surface area contributed by atoms with E-state index in [1.54, 1.807) is 12.4 Å². The Kier molecular flexibility index (Phi) is 2.83. The standard InChI is InChI=1S/C13H12N4O2/c18-12-11(16-13(19)17-12)9-3-1-8(2-4-9)10-7-14-5-6-15-10/h1-6,10-11H,7H2,(H2,16,17,18,19)/t10?,11-/m0/s1. The lowest BCUT2D eigenvalue weighted by Gasteiger charge is -2.14. The average molecular weight is 256 g/mol. The lowest BCUT2D eigenvalue weighted by atomic mass is 10.0. The zero-order chi connectivity index (χ0) is 13.2. The molecule has 3 rings (SSSR count). The topological polar surface area (TPSA) is 82.9 Å². The van der Waals surface area contributed by atoms with E-state index in [0.717, 1.165) is 11.1 Å². The van der Waals surface area contributed by atoms with Crippen molar-refractivity contribution in [3.8, 4) is 0 Å². The second kappa shape index (κ2) is 4.64. The van der Waals surface area contributed by atoms with Crippen LogP contribution in [0.4, 0.5) is 4.79 Å². The summed E-state index contributed by atoms with van der Waals surface area (Å²) in [5.74, 6) is -0.321. The zero-order valence-corrected chi connectivity index (χ0v) is 10.0. The fourth-order valence-corrected chi connectivity index (χ4v) is 2.15. The monoisotopic (exact) mass is 256 g/mol. The van der Waals surface area contributed by atoms with Crippen LogP contribution in [0.2, 0.25) is 0 Å². The van der Waals surface area contributed by atoms with Gasteiger partial charge < -0.3 is 5.32 Å². The van der Waals surface area contributed by atoms with Gasteiger partial charge in [0.15, 0.2) is 0 Å². The summed E-state index contributed by atoms with van der Waals surface area (Å²) in [6, 6.07) is 6.47. The van der Waals surface area contributed by atoms with E-state index in [1.807, 2.05) is 24.3 Å². The molecule has 19 heavy (non-hydrogen) atoms. The summed E-state index contributed by atoms with van der Waals surface area (Å²) in [4.78, 5) is 31.1. The molecule has 0 aromatic heterocycles. The molecule has 0 radical (unpaired) electrons. The van der Waals surface area contributed by atoms with Gasteiger partial charge in [0.25, 0.3) is 5.91 Å². The Balaban J connectivity index is 1.79. The van der Waals surface area contributed by atoms with Gasteiger partial charge in [-0.15, -0.1) is 0 Å². The molecule has 1 unspecified atom stereocenters. The van der Waals surface area contributed by atoms with Gasteiger partial charge >= 0.3 is 6.03 Å². The van der Waals surface area contributed by atoms with Crippen molar-refractivity contribution in [2.24, 2.45) is 9.98 Å². The van der Waals surface area contributed by atoms with Crippen molar-refractivity contribution in [1.82, 2.24) is 10.6 Å². The highest BCUT2D eigenvalue weighted by molar-refractivity contribution is 6.16. The van der Waals surface area contributed by atoms with E-state index in [-0.39, 0.29) is 11.9 Å². The minimum Gasteiger partial charge on any atom is -0.322 e. The molecule has 3 amide bonds. The minimum atomic E-state index is -0.602. The van der Waals surface area contributed by atoms with Gasteiger partial charge in [-0.2, -0.15) is 0 Å². The van der Waals surface area contributed by atoms with Crippen LogP contribution in [0, 0.1) is 0 Å².